The number of nitrogens with zero attached hydrogens (tertiary/aromatic N) is 1. The van der Waals surface area contributed by atoms with Crippen molar-refractivity contribution in [2.24, 2.45) is 0 Å². The maximum atomic E-state index is 10.8. The van der Waals surface area contributed by atoms with E-state index in [0.29, 0.717) is 5.69 Å². The summed E-state index contributed by atoms with van der Waals surface area (Å²) in [7, 11) is 0. The highest BCUT2D eigenvalue weighted by molar-refractivity contribution is 6.30. The minimum atomic E-state index is -0.348. The van der Waals surface area contributed by atoms with Crippen LogP contribution >= 0.6 is 11.6 Å². The van der Waals surface area contributed by atoms with Gasteiger partial charge in [-0.15, -0.1) is 0 Å². The van der Waals surface area contributed by atoms with Crippen LogP contribution in [0.15, 0.2) is 16.9 Å². The second-order valence-corrected chi connectivity index (χ2v) is 2.40. The quantitative estimate of drug-likeness (QED) is 0.683. The minimum absolute atomic E-state index is 0.145. The fourth-order valence-corrected chi connectivity index (χ4v) is 0.795. The SMILES string of the molecule is N#CCc1ccc(Cl)c(=O)[nH]1. The van der Waals surface area contributed by atoms with E-state index in [0.717, 1.165) is 0 Å². The lowest BCUT2D eigenvalue weighted by Gasteiger charge is -1.92. The zero-order chi connectivity index (χ0) is 8.27. The van der Waals surface area contributed by atoms with Crippen molar-refractivity contribution in [1.29, 1.82) is 5.26 Å². The van der Waals surface area contributed by atoms with Gasteiger partial charge in [-0.05, 0) is 12.1 Å². The number of rotatable bonds is 1. The summed E-state index contributed by atoms with van der Waals surface area (Å²) in [6, 6.07) is 5.01. The Morgan fingerprint density at radius 2 is 2.36 bits per heavy atom. The van der Waals surface area contributed by atoms with E-state index in [2.05, 4.69) is 4.98 Å². The Morgan fingerprint density at radius 1 is 1.64 bits per heavy atom. The number of nitriles is 1. The molecule has 0 radical (unpaired) electrons. The van der Waals surface area contributed by atoms with E-state index in [-0.39, 0.29) is 17.0 Å². The molecule has 11 heavy (non-hydrogen) atoms. The first-order valence-corrected chi connectivity index (χ1v) is 3.36. The normalized spacial score (nSPS) is 9.09. The van der Waals surface area contributed by atoms with E-state index in [1.54, 1.807) is 6.07 Å². The van der Waals surface area contributed by atoms with Crippen molar-refractivity contribution in [2.45, 2.75) is 6.42 Å². The maximum Gasteiger partial charge on any atom is 0.266 e. The van der Waals surface area contributed by atoms with Crippen LogP contribution < -0.4 is 5.56 Å². The minimum Gasteiger partial charge on any atom is -0.324 e. The Bertz CT molecular complexity index is 350. The molecule has 0 atom stereocenters. The van der Waals surface area contributed by atoms with Crippen LogP contribution in [0.5, 0.6) is 0 Å². The Morgan fingerprint density at radius 3 is 2.91 bits per heavy atom. The van der Waals surface area contributed by atoms with Gasteiger partial charge in [-0.25, -0.2) is 0 Å². The summed E-state index contributed by atoms with van der Waals surface area (Å²) in [4.78, 5) is 13.3. The highest BCUT2D eigenvalue weighted by Crippen LogP contribution is 2.00. The highest BCUT2D eigenvalue weighted by Gasteiger charge is 1.95. The average molecular weight is 169 g/mol. The molecule has 1 N–H and O–H groups in total. The number of H-pyrrole nitrogens is 1. The molecule has 0 aliphatic carbocycles. The van der Waals surface area contributed by atoms with Crippen LogP contribution in [0.2, 0.25) is 5.02 Å². The summed E-state index contributed by atoms with van der Waals surface area (Å²) in [5.41, 5.74) is 0.237. The van der Waals surface area contributed by atoms with Crippen LogP contribution in [-0.4, -0.2) is 4.98 Å². The Kier molecular flexibility index (Phi) is 2.29. The molecule has 4 heteroatoms. The Hall–Kier alpha value is -1.27. The summed E-state index contributed by atoms with van der Waals surface area (Å²) in [5, 5.41) is 8.42. The van der Waals surface area contributed by atoms with E-state index in [4.69, 9.17) is 16.9 Å². The number of nitrogens with one attached hydrogen (secondary N) is 1. The molecule has 0 unspecified atom stereocenters. The Labute approximate surface area is 68.2 Å². The van der Waals surface area contributed by atoms with Gasteiger partial charge in [0.15, 0.2) is 0 Å². The van der Waals surface area contributed by atoms with Gasteiger partial charge in [0.25, 0.3) is 5.56 Å². The van der Waals surface area contributed by atoms with E-state index in [9.17, 15) is 4.79 Å². The molecule has 0 spiro atoms. The van der Waals surface area contributed by atoms with Crippen LogP contribution in [0.1, 0.15) is 5.69 Å². The third-order valence-corrected chi connectivity index (χ3v) is 1.49. The van der Waals surface area contributed by atoms with E-state index in [1.165, 1.54) is 6.07 Å². The second kappa shape index (κ2) is 3.22. The van der Waals surface area contributed by atoms with Gasteiger partial charge < -0.3 is 4.98 Å². The summed E-state index contributed by atoms with van der Waals surface area (Å²) in [6.45, 7) is 0. The lowest BCUT2D eigenvalue weighted by Crippen LogP contribution is -2.08. The molecule has 0 fully saturated rings. The zero-order valence-corrected chi connectivity index (χ0v) is 6.35. The van der Waals surface area contributed by atoms with Gasteiger partial charge in [0.2, 0.25) is 0 Å². The summed E-state index contributed by atoms with van der Waals surface area (Å²) in [5.74, 6) is 0. The third-order valence-electron chi connectivity index (χ3n) is 1.19. The van der Waals surface area contributed by atoms with Crippen LogP contribution in [0.4, 0.5) is 0 Å². The molecule has 1 heterocycles. The number of hydrogen-bond acceptors (Lipinski definition) is 2. The summed E-state index contributed by atoms with van der Waals surface area (Å²) < 4.78 is 0. The van der Waals surface area contributed by atoms with Gasteiger partial charge in [-0.3, -0.25) is 4.79 Å². The van der Waals surface area contributed by atoms with Crippen molar-refractivity contribution in [1.82, 2.24) is 4.98 Å². The van der Waals surface area contributed by atoms with Crippen molar-refractivity contribution in [3.63, 3.8) is 0 Å². The van der Waals surface area contributed by atoms with Crippen molar-refractivity contribution in [3.05, 3.63) is 33.2 Å². The number of aromatic amines is 1. The Balaban J connectivity index is 3.08. The first-order chi connectivity index (χ1) is 5.24. The van der Waals surface area contributed by atoms with E-state index < -0.39 is 0 Å². The summed E-state index contributed by atoms with van der Waals surface area (Å²) in [6.07, 6.45) is 0.201. The largest absolute Gasteiger partial charge is 0.324 e. The molecule has 3 nitrogen and oxygen atoms in total. The van der Waals surface area contributed by atoms with E-state index >= 15 is 0 Å². The van der Waals surface area contributed by atoms with Gasteiger partial charge >= 0.3 is 0 Å². The van der Waals surface area contributed by atoms with Gasteiger partial charge in [-0.2, -0.15) is 5.26 Å². The molecular formula is C7H5ClN2O. The molecule has 1 aromatic rings. The standard InChI is InChI=1S/C7H5ClN2O/c8-6-2-1-5(3-4-9)10-7(6)11/h1-2H,3H2,(H,10,11). The molecule has 0 aliphatic rings. The predicted octanol–water partition coefficient (Wildman–Crippen LogP) is 1.09. The zero-order valence-electron chi connectivity index (χ0n) is 5.60. The second-order valence-electron chi connectivity index (χ2n) is 2.00. The molecule has 0 bridgehead atoms. The van der Waals surface area contributed by atoms with Gasteiger partial charge in [0.05, 0.1) is 12.5 Å². The van der Waals surface area contributed by atoms with Crippen molar-refractivity contribution < 1.29 is 0 Å². The topological polar surface area (TPSA) is 56.6 Å². The monoisotopic (exact) mass is 168 g/mol. The predicted molar refractivity (Wildman–Crippen MR) is 41.4 cm³/mol. The first-order valence-electron chi connectivity index (χ1n) is 2.98. The van der Waals surface area contributed by atoms with Crippen LogP contribution in [0, 0.1) is 11.3 Å². The molecule has 0 saturated heterocycles. The molecule has 0 aromatic carbocycles. The lowest BCUT2D eigenvalue weighted by molar-refractivity contribution is 1.08. The lowest BCUT2D eigenvalue weighted by atomic mass is 10.3. The fourth-order valence-electron chi connectivity index (χ4n) is 0.685. The highest BCUT2D eigenvalue weighted by atomic mass is 35.5. The number of hydrogen-bond donors (Lipinski definition) is 1. The van der Waals surface area contributed by atoms with Gasteiger partial charge in [0.1, 0.15) is 5.02 Å². The third kappa shape index (κ3) is 1.82. The molecular weight excluding hydrogens is 164 g/mol. The number of pyridine rings is 1. The fraction of sp³-hybridized carbons (Fsp3) is 0.143. The maximum absolute atomic E-state index is 10.8. The summed E-state index contributed by atoms with van der Waals surface area (Å²) >= 11 is 5.45. The molecule has 1 aromatic heterocycles. The van der Waals surface area contributed by atoms with Crippen LogP contribution in [0.3, 0.4) is 0 Å². The molecule has 0 aliphatic heterocycles. The number of halogens is 1. The van der Waals surface area contributed by atoms with E-state index in [1.807, 2.05) is 6.07 Å². The molecule has 0 saturated carbocycles. The average Bonchev–Trinajstić information content (AvgIpc) is 1.98. The molecule has 1 rings (SSSR count). The van der Waals surface area contributed by atoms with Crippen LogP contribution in [-0.2, 0) is 6.42 Å². The first kappa shape index (κ1) is 7.83. The van der Waals surface area contributed by atoms with Crippen molar-refractivity contribution in [2.75, 3.05) is 0 Å². The van der Waals surface area contributed by atoms with Gasteiger partial charge in [-0.1, -0.05) is 11.6 Å². The van der Waals surface area contributed by atoms with Crippen molar-refractivity contribution >= 4 is 11.6 Å². The smallest absolute Gasteiger partial charge is 0.266 e. The molecule has 56 valence electrons. The van der Waals surface area contributed by atoms with Gasteiger partial charge in [0, 0.05) is 5.69 Å². The number of aromatic nitrogens is 1. The van der Waals surface area contributed by atoms with Crippen LogP contribution in [0.25, 0.3) is 0 Å². The van der Waals surface area contributed by atoms with Crippen molar-refractivity contribution in [3.8, 4) is 6.07 Å². The molecule has 0 amide bonds.